The highest BCUT2D eigenvalue weighted by molar-refractivity contribution is 5.86. The summed E-state index contributed by atoms with van der Waals surface area (Å²) in [6, 6.07) is 7.23. The summed E-state index contributed by atoms with van der Waals surface area (Å²) >= 11 is 0. The van der Waals surface area contributed by atoms with Crippen molar-refractivity contribution in [3.8, 4) is 0 Å². The highest BCUT2D eigenvalue weighted by Gasteiger charge is 2.19. The first-order valence-electron chi connectivity index (χ1n) is 6.04. The number of amides is 2. The smallest absolute Gasteiger partial charge is 0.239 e. The van der Waals surface area contributed by atoms with Crippen LogP contribution in [0.15, 0.2) is 24.3 Å². The molecule has 0 radical (unpaired) electrons. The fourth-order valence-electron chi connectivity index (χ4n) is 1.94. The van der Waals surface area contributed by atoms with E-state index in [1.165, 1.54) is 0 Å². The molecule has 2 amide bonds. The SMILES string of the molecule is Nc1ccc(CC(=O)N2CCCNC(=O)C2)cc1. The van der Waals surface area contributed by atoms with Gasteiger partial charge in [0.05, 0.1) is 13.0 Å². The Morgan fingerprint density at radius 1 is 1.33 bits per heavy atom. The molecule has 1 aromatic carbocycles. The van der Waals surface area contributed by atoms with Crippen LogP contribution >= 0.6 is 0 Å². The Morgan fingerprint density at radius 3 is 2.78 bits per heavy atom. The molecular weight excluding hydrogens is 230 g/mol. The molecule has 0 bridgehead atoms. The number of benzene rings is 1. The van der Waals surface area contributed by atoms with Crippen LogP contribution in [0.5, 0.6) is 0 Å². The Balaban J connectivity index is 1.98. The van der Waals surface area contributed by atoms with E-state index in [2.05, 4.69) is 5.32 Å². The van der Waals surface area contributed by atoms with Crippen molar-refractivity contribution in [1.29, 1.82) is 0 Å². The van der Waals surface area contributed by atoms with Crippen LogP contribution in [-0.2, 0) is 16.0 Å². The number of carbonyl (C=O) groups is 2. The normalized spacial score (nSPS) is 16.0. The number of nitrogen functional groups attached to an aromatic ring is 1. The molecule has 1 aromatic rings. The molecule has 96 valence electrons. The van der Waals surface area contributed by atoms with Crippen molar-refractivity contribution in [1.82, 2.24) is 10.2 Å². The first-order chi connectivity index (χ1) is 8.65. The molecule has 0 unspecified atom stereocenters. The lowest BCUT2D eigenvalue weighted by Crippen LogP contribution is -2.38. The topological polar surface area (TPSA) is 75.4 Å². The lowest BCUT2D eigenvalue weighted by atomic mass is 10.1. The summed E-state index contributed by atoms with van der Waals surface area (Å²) in [5, 5.41) is 2.75. The Labute approximate surface area is 106 Å². The highest BCUT2D eigenvalue weighted by Crippen LogP contribution is 2.08. The summed E-state index contributed by atoms with van der Waals surface area (Å²) in [5.74, 6) is -0.102. The fraction of sp³-hybridized carbons (Fsp3) is 0.385. The zero-order valence-corrected chi connectivity index (χ0v) is 10.2. The van der Waals surface area contributed by atoms with E-state index in [0.29, 0.717) is 25.2 Å². The van der Waals surface area contributed by atoms with Crippen molar-refractivity contribution in [3.05, 3.63) is 29.8 Å². The fourth-order valence-corrected chi connectivity index (χ4v) is 1.94. The van der Waals surface area contributed by atoms with Crippen LogP contribution in [0.2, 0.25) is 0 Å². The maximum absolute atomic E-state index is 12.1. The molecule has 5 heteroatoms. The number of nitrogens with one attached hydrogen (secondary N) is 1. The van der Waals surface area contributed by atoms with Crippen molar-refractivity contribution in [2.24, 2.45) is 0 Å². The number of hydrogen-bond donors (Lipinski definition) is 2. The second kappa shape index (κ2) is 5.53. The van der Waals surface area contributed by atoms with Crippen molar-refractivity contribution in [2.45, 2.75) is 12.8 Å². The molecule has 0 atom stereocenters. The quantitative estimate of drug-likeness (QED) is 0.731. The summed E-state index contributed by atoms with van der Waals surface area (Å²) in [4.78, 5) is 25.0. The molecule has 3 N–H and O–H groups in total. The second-order valence-corrected chi connectivity index (χ2v) is 4.44. The van der Waals surface area contributed by atoms with Crippen molar-refractivity contribution < 1.29 is 9.59 Å². The standard InChI is InChI=1S/C13H17N3O2/c14-11-4-2-10(3-5-11)8-13(18)16-7-1-6-15-12(17)9-16/h2-5H,1,6-9,14H2,(H,15,17). The maximum atomic E-state index is 12.1. The van der Waals surface area contributed by atoms with Gasteiger partial charge in [0, 0.05) is 18.8 Å². The first kappa shape index (κ1) is 12.4. The van der Waals surface area contributed by atoms with E-state index in [0.717, 1.165) is 12.0 Å². The predicted molar refractivity (Wildman–Crippen MR) is 68.8 cm³/mol. The van der Waals surface area contributed by atoms with Gasteiger partial charge in [0.1, 0.15) is 0 Å². The van der Waals surface area contributed by atoms with Crippen molar-refractivity contribution >= 4 is 17.5 Å². The Kier molecular flexibility index (Phi) is 3.82. The largest absolute Gasteiger partial charge is 0.399 e. The molecule has 1 aliphatic rings. The van der Waals surface area contributed by atoms with Gasteiger partial charge in [-0.15, -0.1) is 0 Å². The van der Waals surface area contributed by atoms with E-state index in [1.807, 2.05) is 12.1 Å². The molecule has 0 aliphatic carbocycles. The summed E-state index contributed by atoms with van der Waals surface area (Å²) in [5.41, 5.74) is 7.19. The molecule has 0 saturated carbocycles. The van der Waals surface area contributed by atoms with Crippen LogP contribution in [0.25, 0.3) is 0 Å². The Hall–Kier alpha value is -2.04. The number of nitrogens with two attached hydrogens (primary N) is 1. The van der Waals surface area contributed by atoms with Crippen molar-refractivity contribution in [2.75, 3.05) is 25.4 Å². The summed E-state index contributed by atoms with van der Waals surface area (Å²) < 4.78 is 0. The van der Waals surface area contributed by atoms with Crippen LogP contribution in [0.3, 0.4) is 0 Å². The number of hydrogen-bond acceptors (Lipinski definition) is 3. The van der Waals surface area contributed by atoms with Gasteiger partial charge in [0.15, 0.2) is 0 Å². The van der Waals surface area contributed by atoms with Gasteiger partial charge in [0.25, 0.3) is 0 Å². The average molecular weight is 247 g/mol. The minimum atomic E-state index is -0.0850. The zero-order chi connectivity index (χ0) is 13.0. The van der Waals surface area contributed by atoms with Gasteiger partial charge in [-0.1, -0.05) is 12.1 Å². The minimum Gasteiger partial charge on any atom is -0.399 e. The van der Waals surface area contributed by atoms with Gasteiger partial charge in [-0.05, 0) is 24.1 Å². The third-order valence-corrected chi connectivity index (χ3v) is 2.95. The van der Waals surface area contributed by atoms with E-state index in [4.69, 9.17) is 5.73 Å². The van der Waals surface area contributed by atoms with Gasteiger partial charge in [-0.2, -0.15) is 0 Å². The van der Waals surface area contributed by atoms with Crippen LogP contribution < -0.4 is 11.1 Å². The first-order valence-corrected chi connectivity index (χ1v) is 6.04. The van der Waals surface area contributed by atoms with E-state index in [-0.39, 0.29) is 18.4 Å². The molecule has 18 heavy (non-hydrogen) atoms. The van der Waals surface area contributed by atoms with E-state index >= 15 is 0 Å². The number of nitrogens with zero attached hydrogens (tertiary/aromatic N) is 1. The summed E-state index contributed by atoms with van der Waals surface area (Å²) in [7, 11) is 0. The molecule has 1 fully saturated rings. The van der Waals surface area contributed by atoms with Gasteiger partial charge >= 0.3 is 0 Å². The number of carbonyl (C=O) groups excluding carboxylic acids is 2. The molecule has 1 saturated heterocycles. The minimum absolute atomic E-state index is 0.0168. The van der Waals surface area contributed by atoms with E-state index < -0.39 is 0 Å². The third-order valence-electron chi connectivity index (χ3n) is 2.95. The molecule has 0 spiro atoms. The molecular formula is C13H17N3O2. The van der Waals surface area contributed by atoms with Gasteiger partial charge in [-0.3, -0.25) is 9.59 Å². The van der Waals surface area contributed by atoms with Gasteiger partial charge < -0.3 is 16.0 Å². The zero-order valence-electron chi connectivity index (χ0n) is 10.2. The van der Waals surface area contributed by atoms with Crippen LogP contribution in [0.1, 0.15) is 12.0 Å². The lowest BCUT2D eigenvalue weighted by Gasteiger charge is -2.18. The summed E-state index contributed by atoms with van der Waals surface area (Å²) in [6.45, 7) is 1.44. The van der Waals surface area contributed by atoms with Gasteiger partial charge in [0.2, 0.25) is 11.8 Å². The maximum Gasteiger partial charge on any atom is 0.239 e. The van der Waals surface area contributed by atoms with E-state index in [9.17, 15) is 9.59 Å². The van der Waals surface area contributed by atoms with Crippen LogP contribution in [0, 0.1) is 0 Å². The van der Waals surface area contributed by atoms with Crippen LogP contribution in [-0.4, -0.2) is 36.3 Å². The molecule has 1 heterocycles. The monoisotopic (exact) mass is 247 g/mol. The summed E-state index contributed by atoms with van der Waals surface area (Å²) in [6.07, 6.45) is 1.12. The van der Waals surface area contributed by atoms with Gasteiger partial charge in [-0.25, -0.2) is 0 Å². The van der Waals surface area contributed by atoms with E-state index in [1.54, 1.807) is 17.0 Å². The second-order valence-electron chi connectivity index (χ2n) is 4.44. The highest BCUT2D eigenvalue weighted by atomic mass is 16.2. The molecule has 5 nitrogen and oxygen atoms in total. The number of anilines is 1. The lowest BCUT2D eigenvalue weighted by molar-refractivity contribution is -0.134. The predicted octanol–water partition coefficient (Wildman–Crippen LogP) is 0.160. The third kappa shape index (κ3) is 3.23. The molecule has 2 rings (SSSR count). The Bertz CT molecular complexity index is 442. The Morgan fingerprint density at radius 2 is 2.06 bits per heavy atom. The number of rotatable bonds is 2. The molecule has 1 aliphatic heterocycles. The van der Waals surface area contributed by atoms with Crippen molar-refractivity contribution in [3.63, 3.8) is 0 Å². The molecule has 0 aromatic heterocycles. The average Bonchev–Trinajstić information content (AvgIpc) is 2.57. The van der Waals surface area contributed by atoms with Crippen LogP contribution in [0.4, 0.5) is 5.69 Å².